The third-order valence-corrected chi connectivity index (χ3v) is 9.60. The lowest BCUT2D eigenvalue weighted by Crippen LogP contribution is -2.30. The van der Waals surface area contributed by atoms with Crippen molar-refractivity contribution in [2.75, 3.05) is 13.2 Å². The van der Waals surface area contributed by atoms with Crippen LogP contribution >= 0.6 is 0 Å². The van der Waals surface area contributed by atoms with Crippen molar-refractivity contribution in [1.82, 2.24) is 0 Å². The van der Waals surface area contributed by atoms with E-state index in [1.807, 2.05) is 72.9 Å². The zero-order valence-corrected chi connectivity index (χ0v) is 39.8. The van der Waals surface area contributed by atoms with Gasteiger partial charge in [0.15, 0.2) is 6.10 Å². The Balaban J connectivity index is 4.57. The van der Waals surface area contributed by atoms with E-state index in [1.54, 1.807) is 0 Å². The van der Waals surface area contributed by atoms with Crippen molar-refractivity contribution in [2.24, 2.45) is 0 Å². The molecule has 0 N–H and O–H groups in total. The Morgan fingerprint density at radius 3 is 0.905 bits per heavy atom. The van der Waals surface area contributed by atoms with Gasteiger partial charge in [-0.25, -0.2) is 0 Å². The molecule has 0 rings (SSSR count). The number of carbonyl (C=O) groups excluding carboxylic acids is 3. The molecule has 0 aromatic rings. The zero-order chi connectivity index (χ0) is 45.8. The Kier molecular flexibility index (Phi) is 46.2. The summed E-state index contributed by atoms with van der Waals surface area (Å²) in [6, 6.07) is 0. The zero-order valence-electron chi connectivity index (χ0n) is 39.8. The van der Waals surface area contributed by atoms with Crippen molar-refractivity contribution < 1.29 is 28.6 Å². The van der Waals surface area contributed by atoms with Gasteiger partial charge in [0.2, 0.25) is 0 Å². The molecule has 0 spiro atoms. The number of allylic oxidation sites excluding steroid dienone is 24. The predicted octanol–water partition coefficient (Wildman–Crippen LogP) is 16.1. The number of rotatable bonds is 41. The van der Waals surface area contributed by atoms with Crippen LogP contribution in [0.2, 0.25) is 0 Å². The average Bonchev–Trinajstić information content (AvgIpc) is 3.28. The molecule has 1 atom stereocenters. The van der Waals surface area contributed by atoms with Gasteiger partial charge in [-0.3, -0.25) is 14.4 Å². The van der Waals surface area contributed by atoms with Crippen molar-refractivity contribution >= 4 is 17.9 Å². The highest BCUT2D eigenvalue weighted by Gasteiger charge is 2.19. The van der Waals surface area contributed by atoms with Crippen LogP contribution in [0.15, 0.2) is 146 Å². The maximum atomic E-state index is 12.8. The van der Waals surface area contributed by atoms with E-state index >= 15 is 0 Å². The second-order valence-corrected chi connectivity index (χ2v) is 15.5. The molecule has 0 fully saturated rings. The second kappa shape index (κ2) is 49.9. The average molecular weight is 867 g/mol. The van der Waals surface area contributed by atoms with Crippen LogP contribution < -0.4 is 0 Å². The topological polar surface area (TPSA) is 78.9 Å². The fraction of sp³-hybridized carbons (Fsp3) is 0.526. The molecule has 6 heteroatoms. The Hall–Kier alpha value is -4.71. The molecule has 0 aliphatic heterocycles. The van der Waals surface area contributed by atoms with Gasteiger partial charge in [-0.2, -0.15) is 0 Å². The fourth-order valence-corrected chi connectivity index (χ4v) is 6.00. The highest BCUT2D eigenvalue weighted by molar-refractivity contribution is 5.71. The summed E-state index contributed by atoms with van der Waals surface area (Å²) in [5, 5.41) is 0. The van der Waals surface area contributed by atoms with Gasteiger partial charge in [-0.1, -0.05) is 224 Å². The quantitative estimate of drug-likeness (QED) is 0.0264. The Bertz CT molecular complexity index is 1460. The van der Waals surface area contributed by atoms with Crippen molar-refractivity contribution in [1.29, 1.82) is 0 Å². The largest absolute Gasteiger partial charge is 0.462 e. The lowest BCUT2D eigenvalue weighted by molar-refractivity contribution is -0.167. The van der Waals surface area contributed by atoms with E-state index in [4.69, 9.17) is 14.2 Å². The van der Waals surface area contributed by atoms with Gasteiger partial charge >= 0.3 is 17.9 Å². The monoisotopic (exact) mass is 867 g/mol. The van der Waals surface area contributed by atoms with Crippen molar-refractivity contribution in [3.63, 3.8) is 0 Å². The summed E-state index contributed by atoms with van der Waals surface area (Å²) in [7, 11) is 0. The first kappa shape index (κ1) is 58.3. The molecule has 0 aromatic carbocycles. The van der Waals surface area contributed by atoms with Crippen LogP contribution in [-0.2, 0) is 28.6 Å². The maximum Gasteiger partial charge on any atom is 0.306 e. The molecule has 0 aliphatic carbocycles. The lowest BCUT2D eigenvalue weighted by Gasteiger charge is -2.18. The van der Waals surface area contributed by atoms with Gasteiger partial charge in [0.1, 0.15) is 13.2 Å². The summed E-state index contributed by atoms with van der Waals surface area (Å²) in [6.07, 6.45) is 71.1. The summed E-state index contributed by atoms with van der Waals surface area (Å²) in [5.41, 5.74) is 0. The first-order valence-corrected chi connectivity index (χ1v) is 24.5. The van der Waals surface area contributed by atoms with Gasteiger partial charge in [-0.15, -0.1) is 0 Å². The number of carbonyl (C=O) groups is 3. The third kappa shape index (κ3) is 48.2. The van der Waals surface area contributed by atoms with Gasteiger partial charge in [0.25, 0.3) is 0 Å². The standard InChI is InChI=1S/C57H86O6/c1-4-7-10-13-16-19-22-25-28-31-34-37-40-43-46-49-55(58)61-52-54(63-57(60)51-48-45-42-39-36-33-30-27-24-21-18-15-12-9-6-3)53-62-56(59)50-47-44-41-38-35-32-29-26-23-20-17-14-11-8-5-2/h7-25,27-28,30-31,34,54H,4-6,26,29,32-33,35-53H2,1-3H3/b10-7-,11-8-,12-9-,16-13-,17-14-,18-15-,22-19-,23-20-,24-21-,28-25-,30-27-,34-31-. The summed E-state index contributed by atoms with van der Waals surface area (Å²) in [4.78, 5) is 37.9. The smallest absolute Gasteiger partial charge is 0.306 e. The van der Waals surface area contributed by atoms with Gasteiger partial charge in [0.05, 0.1) is 0 Å². The minimum absolute atomic E-state index is 0.115. The summed E-state index contributed by atoms with van der Waals surface area (Å²) >= 11 is 0. The van der Waals surface area contributed by atoms with E-state index in [2.05, 4.69) is 93.7 Å². The maximum absolute atomic E-state index is 12.8. The molecule has 0 amide bonds. The van der Waals surface area contributed by atoms with Crippen LogP contribution in [0.4, 0.5) is 0 Å². The van der Waals surface area contributed by atoms with E-state index in [0.29, 0.717) is 12.8 Å². The van der Waals surface area contributed by atoms with E-state index in [1.165, 1.54) is 19.3 Å². The third-order valence-electron chi connectivity index (χ3n) is 9.60. The summed E-state index contributed by atoms with van der Waals surface area (Å²) in [6.45, 7) is 6.13. The van der Waals surface area contributed by atoms with E-state index in [9.17, 15) is 14.4 Å². The number of hydrogen-bond donors (Lipinski definition) is 0. The summed E-state index contributed by atoms with van der Waals surface area (Å²) in [5.74, 6) is -1.01. The highest BCUT2D eigenvalue weighted by atomic mass is 16.6. The first-order chi connectivity index (χ1) is 31.0. The molecule has 6 nitrogen and oxygen atoms in total. The Morgan fingerprint density at radius 1 is 0.317 bits per heavy atom. The van der Waals surface area contributed by atoms with Crippen LogP contribution in [0.25, 0.3) is 0 Å². The van der Waals surface area contributed by atoms with Gasteiger partial charge in [-0.05, 0) is 77.0 Å². The molecule has 0 aromatic heterocycles. The van der Waals surface area contributed by atoms with Crippen LogP contribution in [0.1, 0.15) is 175 Å². The van der Waals surface area contributed by atoms with E-state index in [-0.39, 0.29) is 37.5 Å². The van der Waals surface area contributed by atoms with Gasteiger partial charge < -0.3 is 14.2 Å². The Labute approximate surface area is 385 Å². The SMILES string of the molecule is CC\C=C/C=C\C=C/C=C\C=C/CCCCCC(=O)OCC(COC(=O)CCCCCCCCC\C=C/C=C\C=C/CC)OC(=O)CCCCCCC\C=C/C=C\C=C/C=C\CC. The molecule has 0 radical (unpaired) electrons. The first-order valence-electron chi connectivity index (χ1n) is 24.5. The second-order valence-electron chi connectivity index (χ2n) is 15.5. The molecule has 0 saturated carbocycles. The highest BCUT2D eigenvalue weighted by Crippen LogP contribution is 2.13. The van der Waals surface area contributed by atoms with Gasteiger partial charge in [0, 0.05) is 19.3 Å². The number of hydrogen-bond acceptors (Lipinski definition) is 6. The van der Waals surface area contributed by atoms with Crippen LogP contribution in [0, 0.1) is 0 Å². The van der Waals surface area contributed by atoms with Crippen molar-refractivity contribution in [3.8, 4) is 0 Å². The molecule has 0 bridgehead atoms. The molecular weight excluding hydrogens is 781 g/mol. The van der Waals surface area contributed by atoms with Crippen LogP contribution in [0.5, 0.6) is 0 Å². The molecule has 0 aliphatic rings. The molecule has 0 saturated heterocycles. The fourth-order valence-electron chi connectivity index (χ4n) is 6.00. The predicted molar refractivity (Wildman–Crippen MR) is 269 cm³/mol. The summed E-state index contributed by atoms with van der Waals surface area (Å²) < 4.78 is 16.7. The van der Waals surface area contributed by atoms with Crippen LogP contribution in [0.3, 0.4) is 0 Å². The number of ether oxygens (including phenoxy) is 3. The number of unbranched alkanes of at least 4 members (excludes halogenated alkanes) is 15. The Morgan fingerprint density at radius 2 is 0.571 bits per heavy atom. The number of esters is 3. The van der Waals surface area contributed by atoms with E-state index < -0.39 is 6.10 Å². The minimum Gasteiger partial charge on any atom is -0.462 e. The van der Waals surface area contributed by atoms with Crippen LogP contribution in [-0.4, -0.2) is 37.2 Å². The lowest BCUT2D eigenvalue weighted by atomic mass is 10.1. The van der Waals surface area contributed by atoms with Crippen molar-refractivity contribution in [3.05, 3.63) is 146 Å². The molecule has 0 heterocycles. The van der Waals surface area contributed by atoms with E-state index in [0.717, 1.165) is 116 Å². The molecule has 63 heavy (non-hydrogen) atoms. The molecule has 1 unspecified atom stereocenters. The molecule has 350 valence electrons. The molecular formula is C57H86O6. The normalized spacial score (nSPS) is 13.4. The minimum atomic E-state index is -0.819. The van der Waals surface area contributed by atoms with Crippen molar-refractivity contribution in [2.45, 2.75) is 181 Å².